The van der Waals surface area contributed by atoms with Crippen molar-refractivity contribution in [3.8, 4) is 0 Å². The molecule has 0 radical (unpaired) electrons. The van der Waals surface area contributed by atoms with Crippen molar-refractivity contribution in [3.05, 3.63) is 48.0 Å². The summed E-state index contributed by atoms with van der Waals surface area (Å²) in [5, 5.41) is 12.6. The van der Waals surface area contributed by atoms with Crippen molar-refractivity contribution in [2.75, 3.05) is 6.54 Å². The van der Waals surface area contributed by atoms with Gasteiger partial charge < -0.3 is 10.4 Å². The number of rotatable bonds is 7. The van der Waals surface area contributed by atoms with Crippen molar-refractivity contribution >= 4 is 5.91 Å². The fourth-order valence-corrected chi connectivity index (χ4v) is 1.63. The highest BCUT2D eigenvalue weighted by Gasteiger charge is 2.08. The van der Waals surface area contributed by atoms with Gasteiger partial charge in [-0.05, 0) is 30.5 Å². The first-order valence-electron chi connectivity index (χ1n) is 6.36. The van der Waals surface area contributed by atoms with E-state index in [1.807, 2.05) is 0 Å². The molecule has 0 aromatic heterocycles. The van der Waals surface area contributed by atoms with E-state index >= 15 is 0 Å². The predicted octanol–water partition coefficient (Wildman–Crippen LogP) is 2.83. The second kappa shape index (κ2) is 7.67. The Bertz CT molecular complexity index is 384. The molecule has 18 heavy (non-hydrogen) atoms. The van der Waals surface area contributed by atoms with Gasteiger partial charge in [-0.15, -0.1) is 6.58 Å². The number of aliphatic hydroxyl groups excluding tert-OH is 1. The molecule has 3 nitrogen and oxygen atoms in total. The molecule has 98 valence electrons. The highest BCUT2D eigenvalue weighted by Crippen LogP contribution is 2.17. The van der Waals surface area contributed by atoms with Crippen LogP contribution >= 0.6 is 0 Å². The van der Waals surface area contributed by atoms with Gasteiger partial charge in [0.2, 0.25) is 0 Å². The Labute approximate surface area is 109 Å². The van der Waals surface area contributed by atoms with Crippen LogP contribution < -0.4 is 5.32 Å². The molecule has 1 amide bonds. The summed E-state index contributed by atoms with van der Waals surface area (Å²) in [7, 11) is 0. The lowest BCUT2D eigenvalue weighted by Gasteiger charge is -2.09. The van der Waals surface area contributed by atoms with E-state index in [4.69, 9.17) is 0 Å². The molecule has 0 aliphatic heterocycles. The Balaban J connectivity index is 2.59. The fourth-order valence-electron chi connectivity index (χ4n) is 1.63. The van der Waals surface area contributed by atoms with Crippen LogP contribution in [-0.4, -0.2) is 17.6 Å². The molecule has 0 spiro atoms. The zero-order valence-electron chi connectivity index (χ0n) is 10.9. The minimum atomic E-state index is -0.542. The quantitative estimate of drug-likeness (QED) is 0.575. The van der Waals surface area contributed by atoms with Gasteiger partial charge in [0.1, 0.15) is 0 Å². The number of nitrogens with one attached hydrogen (secondary N) is 1. The van der Waals surface area contributed by atoms with Crippen LogP contribution in [0.15, 0.2) is 36.9 Å². The molecule has 2 N–H and O–H groups in total. The Morgan fingerprint density at radius 2 is 2.11 bits per heavy atom. The number of unbranched alkanes of at least 4 members (excludes halogenated alkanes) is 1. The van der Waals surface area contributed by atoms with E-state index in [1.165, 1.54) is 0 Å². The predicted molar refractivity (Wildman–Crippen MR) is 73.5 cm³/mol. The van der Waals surface area contributed by atoms with E-state index < -0.39 is 6.10 Å². The molecule has 1 unspecified atom stereocenters. The zero-order valence-corrected chi connectivity index (χ0v) is 10.9. The summed E-state index contributed by atoms with van der Waals surface area (Å²) in [5.74, 6) is -0.0618. The normalized spacial score (nSPS) is 11.9. The maximum atomic E-state index is 11.7. The molecule has 1 aromatic rings. The highest BCUT2D eigenvalue weighted by molar-refractivity contribution is 5.94. The van der Waals surface area contributed by atoms with Crippen molar-refractivity contribution < 1.29 is 9.90 Å². The van der Waals surface area contributed by atoms with Crippen molar-refractivity contribution in [3.63, 3.8) is 0 Å². The molecule has 0 fully saturated rings. The van der Waals surface area contributed by atoms with Gasteiger partial charge in [-0.25, -0.2) is 0 Å². The van der Waals surface area contributed by atoms with Crippen LogP contribution in [0.3, 0.4) is 0 Å². The maximum absolute atomic E-state index is 11.7. The molecule has 0 aliphatic carbocycles. The van der Waals surface area contributed by atoms with E-state index in [0.717, 1.165) is 18.4 Å². The van der Waals surface area contributed by atoms with Crippen LogP contribution in [0.2, 0.25) is 0 Å². The number of aliphatic hydroxyl groups is 1. The average molecular weight is 247 g/mol. The molecule has 1 rings (SSSR count). The Hall–Kier alpha value is -1.61. The number of benzene rings is 1. The second-order valence-electron chi connectivity index (χ2n) is 4.27. The van der Waals surface area contributed by atoms with Crippen LogP contribution in [0, 0.1) is 0 Å². The zero-order chi connectivity index (χ0) is 13.4. The van der Waals surface area contributed by atoms with Gasteiger partial charge in [0.05, 0.1) is 6.10 Å². The molecule has 0 saturated carbocycles. The van der Waals surface area contributed by atoms with E-state index in [2.05, 4.69) is 18.8 Å². The number of hydrogen-bond acceptors (Lipinski definition) is 2. The third-order valence-electron chi connectivity index (χ3n) is 2.76. The summed E-state index contributed by atoms with van der Waals surface area (Å²) in [6.45, 7) is 6.38. The lowest BCUT2D eigenvalue weighted by atomic mass is 10.0. The topological polar surface area (TPSA) is 49.3 Å². The van der Waals surface area contributed by atoms with Crippen molar-refractivity contribution in [2.45, 2.75) is 32.3 Å². The highest BCUT2D eigenvalue weighted by atomic mass is 16.3. The number of carbonyl (C=O) groups is 1. The Morgan fingerprint density at radius 1 is 1.44 bits per heavy atom. The Morgan fingerprint density at radius 3 is 2.67 bits per heavy atom. The number of amides is 1. The summed E-state index contributed by atoms with van der Waals surface area (Å²) < 4.78 is 0. The molecule has 0 heterocycles. The fraction of sp³-hybridized carbons (Fsp3) is 0.400. The van der Waals surface area contributed by atoms with Crippen molar-refractivity contribution in [1.82, 2.24) is 5.32 Å². The van der Waals surface area contributed by atoms with E-state index in [-0.39, 0.29) is 5.91 Å². The molecular formula is C15H21NO2. The third kappa shape index (κ3) is 4.34. The molecule has 0 saturated heterocycles. The van der Waals surface area contributed by atoms with Gasteiger partial charge in [0, 0.05) is 12.1 Å². The second-order valence-corrected chi connectivity index (χ2v) is 4.27. The first kappa shape index (κ1) is 14.5. The summed E-state index contributed by atoms with van der Waals surface area (Å²) in [6.07, 6.45) is 3.70. The smallest absolute Gasteiger partial charge is 0.251 e. The van der Waals surface area contributed by atoms with Crippen LogP contribution in [-0.2, 0) is 0 Å². The molecule has 1 atom stereocenters. The van der Waals surface area contributed by atoms with E-state index in [9.17, 15) is 9.90 Å². The largest absolute Gasteiger partial charge is 0.388 e. The van der Waals surface area contributed by atoms with Crippen LogP contribution in [0.1, 0.15) is 48.2 Å². The van der Waals surface area contributed by atoms with Crippen LogP contribution in [0.5, 0.6) is 0 Å². The van der Waals surface area contributed by atoms with Crippen molar-refractivity contribution in [2.24, 2.45) is 0 Å². The van der Waals surface area contributed by atoms with Gasteiger partial charge in [0.15, 0.2) is 0 Å². The SMILES string of the molecule is C=CCC(O)c1ccc(C(=O)NCCCC)cc1. The third-order valence-corrected chi connectivity index (χ3v) is 2.76. The summed E-state index contributed by atoms with van der Waals surface area (Å²) >= 11 is 0. The standard InChI is InChI=1S/C15H21NO2/c1-3-5-11-16-15(18)13-9-7-12(8-10-13)14(17)6-4-2/h4,7-10,14,17H,2-3,5-6,11H2,1H3,(H,16,18). The van der Waals surface area contributed by atoms with Gasteiger partial charge in [-0.3, -0.25) is 4.79 Å². The monoisotopic (exact) mass is 247 g/mol. The van der Waals surface area contributed by atoms with Crippen molar-refractivity contribution in [1.29, 1.82) is 0 Å². The van der Waals surface area contributed by atoms with Gasteiger partial charge in [0.25, 0.3) is 5.91 Å². The van der Waals surface area contributed by atoms with Gasteiger partial charge >= 0.3 is 0 Å². The van der Waals surface area contributed by atoms with Gasteiger partial charge in [-0.2, -0.15) is 0 Å². The van der Waals surface area contributed by atoms with E-state index in [1.54, 1.807) is 30.3 Å². The lowest BCUT2D eigenvalue weighted by molar-refractivity contribution is 0.0953. The Kier molecular flexibility index (Phi) is 6.15. The summed E-state index contributed by atoms with van der Waals surface area (Å²) in [4.78, 5) is 11.7. The lowest BCUT2D eigenvalue weighted by Crippen LogP contribution is -2.24. The minimum absolute atomic E-state index is 0.0618. The first-order chi connectivity index (χ1) is 8.69. The minimum Gasteiger partial charge on any atom is -0.388 e. The van der Waals surface area contributed by atoms with Crippen LogP contribution in [0.4, 0.5) is 0 Å². The van der Waals surface area contributed by atoms with Crippen LogP contribution in [0.25, 0.3) is 0 Å². The molecular weight excluding hydrogens is 226 g/mol. The van der Waals surface area contributed by atoms with Gasteiger partial charge in [-0.1, -0.05) is 31.6 Å². The number of hydrogen-bond donors (Lipinski definition) is 2. The molecule has 1 aromatic carbocycles. The average Bonchev–Trinajstić information content (AvgIpc) is 2.39. The number of carbonyl (C=O) groups excluding carboxylic acids is 1. The molecule has 0 bridgehead atoms. The first-order valence-corrected chi connectivity index (χ1v) is 6.36. The maximum Gasteiger partial charge on any atom is 0.251 e. The molecule has 0 aliphatic rings. The molecule has 3 heteroatoms. The summed E-state index contributed by atoms with van der Waals surface area (Å²) in [5.41, 5.74) is 1.43. The summed E-state index contributed by atoms with van der Waals surface area (Å²) in [6, 6.07) is 7.04. The van der Waals surface area contributed by atoms with E-state index in [0.29, 0.717) is 18.5 Å².